The molecule has 0 bridgehead atoms. The Morgan fingerprint density at radius 3 is 2.48 bits per heavy atom. The largest absolute Gasteiger partial charge is 0.495 e. The van der Waals surface area contributed by atoms with E-state index in [4.69, 9.17) is 10.5 Å². The van der Waals surface area contributed by atoms with Crippen LogP contribution < -0.4 is 15.2 Å². The van der Waals surface area contributed by atoms with Crippen LogP contribution >= 0.6 is 0 Å². The van der Waals surface area contributed by atoms with E-state index in [0.717, 1.165) is 26.1 Å². The van der Waals surface area contributed by atoms with Gasteiger partial charge in [-0.2, -0.15) is 0 Å². The number of benzene rings is 1. The first-order chi connectivity index (χ1) is 9.94. The first kappa shape index (κ1) is 17.7. The maximum atomic E-state index is 12.1. The van der Waals surface area contributed by atoms with Crippen LogP contribution in [-0.4, -0.2) is 46.6 Å². The second-order valence-electron chi connectivity index (χ2n) is 4.68. The van der Waals surface area contributed by atoms with Gasteiger partial charge in [-0.15, -0.1) is 0 Å². The zero-order valence-corrected chi connectivity index (χ0v) is 13.7. The molecule has 0 amide bonds. The first-order valence-corrected chi connectivity index (χ1v) is 8.58. The molecule has 0 aliphatic carbocycles. The van der Waals surface area contributed by atoms with Crippen molar-refractivity contribution < 1.29 is 13.2 Å². The van der Waals surface area contributed by atoms with Gasteiger partial charge in [0.2, 0.25) is 10.0 Å². The van der Waals surface area contributed by atoms with Gasteiger partial charge in [-0.3, -0.25) is 0 Å². The standard InChI is InChI=1S/C14H25N3O3S/c1-4-17(5-2)10-6-9-16-21(18,19)12-7-8-14(20-3)13(15)11-12/h7-8,11,16H,4-6,9-10,15H2,1-3H3. The maximum Gasteiger partial charge on any atom is 0.240 e. The minimum Gasteiger partial charge on any atom is -0.495 e. The van der Waals surface area contributed by atoms with Gasteiger partial charge in [-0.05, 0) is 44.3 Å². The predicted octanol–water partition coefficient (Wildman–Crippen LogP) is 1.29. The van der Waals surface area contributed by atoms with E-state index in [1.165, 1.54) is 19.2 Å². The molecule has 6 nitrogen and oxygen atoms in total. The van der Waals surface area contributed by atoms with Gasteiger partial charge in [0.05, 0.1) is 17.7 Å². The third-order valence-electron chi connectivity index (χ3n) is 3.35. The van der Waals surface area contributed by atoms with Crippen LogP contribution in [0.2, 0.25) is 0 Å². The number of nitrogens with zero attached hydrogens (tertiary/aromatic N) is 1. The summed E-state index contributed by atoms with van der Waals surface area (Å²) in [5.74, 6) is 0.468. The summed E-state index contributed by atoms with van der Waals surface area (Å²) in [4.78, 5) is 2.41. The molecule has 0 unspecified atom stereocenters. The molecule has 0 saturated carbocycles. The number of ether oxygens (including phenoxy) is 1. The number of hydrogen-bond donors (Lipinski definition) is 2. The van der Waals surface area contributed by atoms with Crippen LogP contribution in [0.4, 0.5) is 5.69 Å². The van der Waals surface area contributed by atoms with Gasteiger partial charge in [0.1, 0.15) is 5.75 Å². The van der Waals surface area contributed by atoms with Crippen molar-refractivity contribution in [3.8, 4) is 5.75 Å². The van der Waals surface area contributed by atoms with E-state index < -0.39 is 10.0 Å². The summed E-state index contributed by atoms with van der Waals surface area (Å²) in [6, 6.07) is 4.45. The first-order valence-electron chi connectivity index (χ1n) is 7.10. The lowest BCUT2D eigenvalue weighted by Crippen LogP contribution is -2.30. The second-order valence-corrected chi connectivity index (χ2v) is 6.45. The zero-order valence-electron chi connectivity index (χ0n) is 12.9. The van der Waals surface area contributed by atoms with Crippen LogP contribution in [0, 0.1) is 0 Å². The van der Waals surface area contributed by atoms with E-state index in [9.17, 15) is 8.42 Å². The molecule has 0 radical (unpaired) electrons. The summed E-state index contributed by atoms with van der Waals surface area (Å²) >= 11 is 0. The number of rotatable bonds is 9. The van der Waals surface area contributed by atoms with Gasteiger partial charge in [0.25, 0.3) is 0 Å². The minimum absolute atomic E-state index is 0.156. The molecule has 1 aromatic carbocycles. The smallest absolute Gasteiger partial charge is 0.240 e. The van der Waals surface area contributed by atoms with Crippen LogP contribution in [0.3, 0.4) is 0 Å². The number of nitrogens with two attached hydrogens (primary N) is 1. The third kappa shape index (κ3) is 5.18. The Labute approximate surface area is 127 Å². The zero-order chi connectivity index (χ0) is 15.9. The number of hydrogen-bond acceptors (Lipinski definition) is 5. The Morgan fingerprint density at radius 2 is 1.95 bits per heavy atom. The molecule has 0 fully saturated rings. The second kappa shape index (κ2) is 8.21. The molecule has 120 valence electrons. The van der Waals surface area contributed by atoms with E-state index >= 15 is 0 Å². The fraction of sp³-hybridized carbons (Fsp3) is 0.571. The quantitative estimate of drug-likeness (QED) is 0.530. The Kier molecular flexibility index (Phi) is 6.94. The average molecular weight is 315 g/mol. The van der Waals surface area contributed by atoms with E-state index in [-0.39, 0.29) is 4.90 Å². The summed E-state index contributed by atoms with van der Waals surface area (Å²) in [7, 11) is -2.03. The fourth-order valence-electron chi connectivity index (χ4n) is 2.01. The number of sulfonamides is 1. The lowest BCUT2D eigenvalue weighted by molar-refractivity contribution is 0.300. The predicted molar refractivity (Wildman–Crippen MR) is 85.0 cm³/mol. The van der Waals surface area contributed by atoms with E-state index in [1.54, 1.807) is 6.07 Å². The molecule has 1 aromatic rings. The highest BCUT2D eigenvalue weighted by molar-refractivity contribution is 7.89. The lowest BCUT2D eigenvalue weighted by atomic mass is 10.3. The van der Waals surface area contributed by atoms with E-state index in [0.29, 0.717) is 18.0 Å². The minimum atomic E-state index is -3.52. The molecule has 21 heavy (non-hydrogen) atoms. The summed E-state index contributed by atoms with van der Waals surface area (Å²) in [6.45, 7) is 7.41. The molecule has 0 atom stereocenters. The monoisotopic (exact) mass is 315 g/mol. The highest BCUT2D eigenvalue weighted by Gasteiger charge is 2.15. The van der Waals surface area contributed by atoms with Crippen LogP contribution in [0.5, 0.6) is 5.75 Å². The van der Waals surface area contributed by atoms with Gasteiger partial charge < -0.3 is 15.4 Å². The fourth-order valence-corrected chi connectivity index (χ4v) is 3.12. The van der Waals surface area contributed by atoms with Crippen LogP contribution in [0.25, 0.3) is 0 Å². The summed E-state index contributed by atoms with van der Waals surface area (Å²) in [5, 5.41) is 0. The SMILES string of the molecule is CCN(CC)CCCNS(=O)(=O)c1ccc(OC)c(N)c1. The number of anilines is 1. The summed E-state index contributed by atoms with van der Waals surface area (Å²) in [5.41, 5.74) is 6.04. The molecule has 3 N–H and O–H groups in total. The molecule has 1 rings (SSSR count). The van der Waals surface area contributed by atoms with E-state index in [1.807, 2.05) is 0 Å². The van der Waals surface area contributed by atoms with Crippen LogP contribution in [0.1, 0.15) is 20.3 Å². The van der Waals surface area contributed by atoms with E-state index in [2.05, 4.69) is 23.5 Å². The van der Waals surface area contributed by atoms with Crippen LogP contribution in [-0.2, 0) is 10.0 Å². The Hall–Kier alpha value is -1.31. The van der Waals surface area contributed by atoms with Crippen molar-refractivity contribution in [2.75, 3.05) is 39.0 Å². The molecular formula is C14H25N3O3S. The van der Waals surface area contributed by atoms with Gasteiger partial charge in [0, 0.05) is 6.54 Å². The van der Waals surface area contributed by atoms with Crippen molar-refractivity contribution in [2.45, 2.75) is 25.2 Å². The molecule has 0 saturated heterocycles. The molecule has 0 aliphatic rings. The van der Waals surface area contributed by atoms with Crippen molar-refractivity contribution in [2.24, 2.45) is 0 Å². The van der Waals surface area contributed by atoms with Crippen molar-refractivity contribution in [3.63, 3.8) is 0 Å². The molecular weight excluding hydrogens is 290 g/mol. The Morgan fingerprint density at radius 1 is 1.29 bits per heavy atom. The van der Waals surface area contributed by atoms with Gasteiger partial charge >= 0.3 is 0 Å². The van der Waals surface area contributed by atoms with Gasteiger partial charge in [0.15, 0.2) is 0 Å². The normalized spacial score (nSPS) is 11.8. The molecule has 0 aromatic heterocycles. The summed E-state index contributed by atoms with van der Waals surface area (Å²) in [6.07, 6.45) is 0.770. The Balaban J connectivity index is 2.59. The number of nitrogen functional groups attached to an aromatic ring is 1. The summed E-state index contributed by atoms with van der Waals surface area (Å²) < 4.78 is 31.9. The molecule has 7 heteroatoms. The van der Waals surface area contributed by atoms with Crippen LogP contribution in [0.15, 0.2) is 23.1 Å². The number of methoxy groups -OCH3 is 1. The number of nitrogens with one attached hydrogen (secondary N) is 1. The van der Waals surface area contributed by atoms with Crippen molar-refractivity contribution in [1.82, 2.24) is 9.62 Å². The highest BCUT2D eigenvalue weighted by atomic mass is 32.2. The van der Waals surface area contributed by atoms with Gasteiger partial charge in [-0.1, -0.05) is 13.8 Å². The third-order valence-corrected chi connectivity index (χ3v) is 4.81. The lowest BCUT2D eigenvalue weighted by Gasteiger charge is -2.17. The molecule has 0 spiro atoms. The van der Waals surface area contributed by atoms with Crippen molar-refractivity contribution in [1.29, 1.82) is 0 Å². The molecule has 0 aliphatic heterocycles. The maximum absolute atomic E-state index is 12.1. The topological polar surface area (TPSA) is 84.7 Å². The highest BCUT2D eigenvalue weighted by Crippen LogP contribution is 2.24. The van der Waals surface area contributed by atoms with Crippen molar-refractivity contribution >= 4 is 15.7 Å². The average Bonchev–Trinajstić information content (AvgIpc) is 2.47. The molecule has 0 heterocycles. The van der Waals surface area contributed by atoms with Gasteiger partial charge in [-0.25, -0.2) is 13.1 Å². The Bertz CT molecular complexity index is 542. The van der Waals surface area contributed by atoms with Crippen molar-refractivity contribution in [3.05, 3.63) is 18.2 Å².